The van der Waals surface area contributed by atoms with Gasteiger partial charge in [0.1, 0.15) is 11.6 Å². The molecule has 1 aromatic carbocycles. The molecule has 5 rings (SSSR count). The number of benzene rings is 1. The largest absolute Gasteiger partial charge is 0.431 e. The second-order valence-electron chi connectivity index (χ2n) is 6.47. The Morgan fingerprint density at radius 2 is 2.15 bits per heavy atom. The third-order valence-corrected chi connectivity index (χ3v) is 5.51. The number of ether oxygens (including phenoxy) is 2. The maximum atomic E-state index is 13.3. The van der Waals surface area contributed by atoms with Gasteiger partial charge in [0.25, 0.3) is 5.19 Å². The number of morpholine rings is 1. The van der Waals surface area contributed by atoms with Crippen molar-refractivity contribution in [3.8, 4) is 10.9 Å². The third kappa shape index (κ3) is 3.39. The van der Waals surface area contributed by atoms with Gasteiger partial charge in [-0.3, -0.25) is 4.90 Å². The topological polar surface area (TPSA) is 63.3 Å². The predicted molar refractivity (Wildman–Crippen MR) is 102 cm³/mol. The zero-order chi connectivity index (χ0) is 18.2. The van der Waals surface area contributed by atoms with Crippen molar-refractivity contribution < 1.29 is 13.9 Å². The number of hydrogen-bond acceptors (Lipinski definition) is 6. The minimum Gasteiger partial charge on any atom is -0.431 e. The molecule has 0 atom stereocenters. The fourth-order valence-electron chi connectivity index (χ4n) is 3.28. The lowest BCUT2D eigenvalue weighted by atomic mass is 10.1. The first-order valence-corrected chi connectivity index (χ1v) is 9.56. The molecule has 0 saturated carbocycles. The van der Waals surface area contributed by atoms with Gasteiger partial charge in [-0.05, 0) is 23.8 Å². The van der Waals surface area contributed by atoms with E-state index in [1.54, 1.807) is 0 Å². The van der Waals surface area contributed by atoms with Crippen LogP contribution in [0.1, 0.15) is 5.56 Å². The number of halogens is 1. The van der Waals surface area contributed by atoms with Crippen LogP contribution in [0, 0.1) is 5.82 Å². The molecule has 138 valence electrons. The van der Waals surface area contributed by atoms with Crippen LogP contribution >= 0.6 is 11.3 Å². The van der Waals surface area contributed by atoms with E-state index in [-0.39, 0.29) is 5.82 Å². The highest BCUT2D eigenvalue weighted by Crippen LogP contribution is 2.32. The van der Waals surface area contributed by atoms with Gasteiger partial charge in [0, 0.05) is 42.8 Å². The molecule has 1 aliphatic rings. The van der Waals surface area contributed by atoms with Gasteiger partial charge < -0.3 is 14.5 Å². The first kappa shape index (κ1) is 16.6. The van der Waals surface area contributed by atoms with Crippen LogP contribution in [-0.2, 0) is 11.3 Å². The molecule has 27 heavy (non-hydrogen) atoms. The summed E-state index contributed by atoms with van der Waals surface area (Å²) in [6.07, 6.45) is 3.21. The standard InChI is InChI=1S/C19H17FN4O2S/c20-13-7-17-18(22-10-13)23-19(27-17)26-14-1-2-15-12(9-21-16(15)8-14)11-24-3-5-25-6-4-24/h1-2,7-10,21H,3-6,11H2. The summed E-state index contributed by atoms with van der Waals surface area (Å²) in [6, 6.07) is 7.36. The van der Waals surface area contributed by atoms with Gasteiger partial charge in [-0.25, -0.2) is 9.37 Å². The molecule has 0 radical (unpaired) electrons. The third-order valence-electron chi connectivity index (χ3n) is 4.64. The van der Waals surface area contributed by atoms with Crippen molar-refractivity contribution in [3.63, 3.8) is 0 Å². The molecule has 1 fully saturated rings. The van der Waals surface area contributed by atoms with Crippen LogP contribution in [-0.4, -0.2) is 46.2 Å². The maximum Gasteiger partial charge on any atom is 0.281 e. The van der Waals surface area contributed by atoms with E-state index in [1.807, 2.05) is 18.3 Å². The van der Waals surface area contributed by atoms with E-state index in [9.17, 15) is 4.39 Å². The first-order chi connectivity index (χ1) is 13.2. The van der Waals surface area contributed by atoms with Gasteiger partial charge >= 0.3 is 0 Å². The Morgan fingerprint density at radius 1 is 1.26 bits per heavy atom. The summed E-state index contributed by atoms with van der Waals surface area (Å²) in [6.45, 7) is 4.40. The molecule has 4 heterocycles. The Kier molecular flexibility index (Phi) is 4.23. The predicted octanol–water partition coefficient (Wildman–Crippen LogP) is 3.94. The molecule has 4 aromatic rings. The molecule has 0 amide bonds. The Hall–Kier alpha value is -2.55. The summed E-state index contributed by atoms with van der Waals surface area (Å²) in [5, 5.41) is 1.63. The zero-order valence-electron chi connectivity index (χ0n) is 14.4. The number of thiazole rings is 1. The molecule has 1 saturated heterocycles. The van der Waals surface area contributed by atoms with E-state index in [4.69, 9.17) is 9.47 Å². The Morgan fingerprint density at radius 3 is 3.04 bits per heavy atom. The lowest BCUT2D eigenvalue weighted by molar-refractivity contribution is 0.0343. The maximum absolute atomic E-state index is 13.3. The minimum absolute atomic E-state index is 0.377. The Labute approximate surface area is 158 Å². The average molecular weight is 384 g/mol. The number of nitrogens with zero attached hydrogens (tertiary/aromatic N) is 3. The van der Waals surface area contributed by atoms with E-state index in [1.165, 1.54) is 28.4 Å². The van der Waals surface area contributed by atoms with Crippen LogP contribution in [0.2, 0.25) is 0 Å². The molecular formula is C19H17FN4O2S. The lowest BCUT2D eigenvalue weighted by Crippen LogP contribution is -2.35. The zero-order valence-corrected chi connectivity index (χ0v) is 15.3. The number of pyridine rings is 1. The van der Waals surface area contributed by atoms with Gasteiger partial charge in [0.2, 0.25) is 0 Å². The van der Waals surface area contributed by atoms with Crippen LogP contribution in [0.4, 0.5) is 4.39 Å². The highest BCUT2D eigenvalue weighted by Gasteiger charge is 2.14. The molecule has 0 aliphatic carbocycles. The molecule has 3 aromatic heterocycles. The fraction of sp³-hybridized carbons (Fsp3) is 0.263. The molecule has 1 aliphatic heterocycles. The van der Waals surface area contributed by atoms with Crippen LogP contribution in [0.15, 0.2) is 36.7 Å². The van der Waals surface area contributed by atoms with E-state index < -0.39 is 0 Å². The molecule has 8 heteroatoms. The van der Waals surface area contributed by atoms with Crippen molar-refractivity contribution in [3.05, 3.63) is 48.0 Å². The number of aromatic amines is 1. The van der Waals surface area contributed by atoms with Crippen LogP contribution in [0.5, 0.6) is 10.9 Å². The van der Waals surface area contributed by atoms with Crippen molar-refractivity contribution in [2.45, 2.75) is 6.54 Å². The highest BCUT2D eigenvalue weighted by molar-refractivity contribution is 7.20. The molecule has 0 unspecified atom stereocenters. The van der Waals surface area contributed by atoms with Crippen LogP contribution in [0.25, 0.3) is 21.3 Å². The lowest BCUT2D eigenvalue weighted by Gasteiger charge is -2.26. The van der Waals surface area contributed by atoms with Crippen LogP contribution in [0.3, 0.4) is 0 Å². The van der Waals surface area contributed by atoms with Gasteiger partial charge in [0.15, 0.2) is 5.65 Å². The molecule has 1 N–H and O–H groups in total. The number of hydrogen-bond donors (Lipinski definition) is 1. The number of aromatic nitrogens is 3. The normalized spacial score (nSPS) is 15.6. The summed E-state index contributed by atoms with van der Waals surface area (Å²) in [4.78, 5) is 14.0. The van der Waals surface area contributed by atoms with Gasteiger partial charge in [-0.2, -0.15) is 4.98 Å². The average Bonchev–Trinajstić information content (AvgIpc) is 3.25. The molecule has 0 bridgehead atoms. The van der Waals surface area contributed by atoms with E-state index in [2.05, 4.69) is 25.9 Å². The van der Waals surface area contributed by atoms with Crippen molar-refractivity contribution in [1.29, 1.82) is 0 Å². The number of H-pyrrole nitrogens is 1. The fourth-order valence-corrected chi connectivity index (χ4v) is 4.10. The van der Waals surface area contributed by atoms with Crippen molar-refractivity contribution >= 4 is 32.6 Å². The van der Waals surface area contributed by atoms with Gasteiger partial charge in [0.05, 0.1) is 24.1 Å². The van der Waals surface area contributed by atoms with E-state index in [0.717, 1.165) is 44.6 Å². The van der Waals surface area contributed by atoms with Crippen molar-refractivity contribution in [2.24, 2.45) is 0 Å². The Balaban J connectivity index is 1.37. The smallest absolute Gasteiger partial charge is 0.281 e. The van der Waals surface area contributed by atoms with E-state index in [0.29, 0.717) is 21.3 Å². The summed E-state index contributed by atoms with van der Waals surface area (Å²) in [5.74, 6) is 0.306. The number of rotatable bonds is 4. The second-order valence-corrected chi connectivity index (χ2v) is 7.46. The summed E-state index contributed by atoms with van der Waals surface area (Å²) >= 11 is 1.28. The van der Waals surface area contributed by atoms with E-state index >= 15 is 0 Å². The minimum atomic E-state index is -0.377. The summed E-state index contributed by atoms with van der Waals surface area (Å²) in [5.41, 5.74) is 2.77. The summed E-state index contributed by atoms with van der Waals surface area (Å²) < 4.78 is 25.2. The first-order valence-electron chi connectivity index (χ1n) is 8.75. The van der Waals surface area contributed by atoms with Gasteiger partial charge in [-0.1, -0.05) is 11.3 Å². The molecular weight excluding hydrogens is 367 g/mol. The monoisotopic (exact) mass is 384 g/mol. The van der Waals surface area contributed by atoms with Gasteiger partial charge in [-0.15, -0.1) is 0 Å². The second kappa shape index (κ2) is 6.88. The molecule has 6 nitrogen and oxygen atoms in total. The van der Waals surface area contributed by atoms with Crippen molar-refractivity contribution in [1.82, 2.24) is 19.9 Å². The Bertz CT molecular complexity index is 1100. The van der Waals surface area contributed by atoms with Crippen molar-refractivity contribution in [2.75, 3.05) is 26.3 Å². The number of nitrogens with one attached hydrogen (secondary N) is 1. The SMILES string of the molecule is Fc1cnc2nc(Oc3ccc4c(CN5CCOCC5)c[nH]c4c3)sc2c1. The van der Waals surface area contributed by atoms with Crippen LogP contribution < -0.4 is 4.74 Å². The number of fused-ring (bicyclic) bond motifs is 2. The highest BCUT2D eigenvalue weighted by atomic mass is 32.1. The molecule has 0 spiro atoms. The summed E-state index contributed by atoms with van der Waals surface area (Å²) in [7, 11) is 0. The quantitative estimate of drug-likeness (QED) is 0.577.